The van der Waals surface area contributed by atoms with Crippen molar-refractivity contribution in [2.24, 2.45) is 0 Å². The van der Waals surface area contributed by atoms with Crippen LogP contribution in [-0.2, 0) is 20.2 Å². The van der Waals surface area contributed by atoms with Crippen molar-refractivity contribution in [3.05, 3.63) is 16.1 Å². The minimum absolute atomic E-state index is 0.0299. The molecule has 1 heterocycles. The summed E-state index contributed by atoms with van der Waals surface area (Å²) in [5.74, 6) is -0.0503. The molecule has 0 unspecified atom stereocenters. The molecule has 1 rings (SSSR count). The monoisotopic (exact) mass is 320 g/mol. The number of methoxy groups -OCH3 is 1. The van der Waals surface area contributed by atoms with Crippen molar-refractivity contribution >= 4 is 21.4 Å². The molecule has 0 aliphatic rings. The summed E-state index contributed by atoms with van der Waals surface area (Å²) in [4.78, 5) is 4.53. The maximum atomic E-state index is 12.0. The van der Waals surface area contributed by atoms with E-state index in [9.17, 15) is 8.42 Å². The maximum absolute atomic E-state index is 12.0. The summed E-state index contributed by atoms with van der Waals surface area (Å²) in [6, 6.07) is -0.329. The van der Waals surface area contributed by atoms with E-state index in [0.717, 1.165) is 10.7 Å². The molecule has 0 aromatic carbocycles. The molecule has 116 valence electrons. The Morgan fingerprint density at radius 3 is 2.45 bits per heavy atom. The van der Waals surface area contributed by atoms with E-state index in [2.05, 4.69) is 30.5 Å². The smallest absolute Gasteiger partial charge is 0.214 e. The highest BCUT2D eigenvalue weighted by molar-refractivity contribution is 7.89. The average molecular weight is 320 g/mol. The summed E-state index contributed by atoms with van der Waals surface area (Å²) in [5.41, 5.74) is 0.951. The summed E-state index contributed by atoms with van der Waals surface area (Å²) in [6.07, 6.45) is -0.332. The van der Waals surface area contributed by atoms with Gasteiger partial charge in [0.15, 0.2) is 0 Å². The Hall–Kier alpha value is -0.500. The normalized spacial score (nSPS) is 16.1. The van der Waals surface area contributed by atoms with Gasteiger partial charge in [-0.2, -0.15) is 0 Å². The fourth-order valence-electron chi connectivity index (χ4n) is 1.58. The third-order valence-electron chi connectivity index (χ3n) is 2.87. The van der Waals surface area contributed by atoms with Crippen LogP contribution in [0.2, 0.25) is 0 Å². The Bertz CT molecular complexity index is 532. The lowest BCUT2D eigenvalue weighted by atomic mass is 9.93. The average Bonchev–Trinajstić information content (AvgIpc) is 2.76. The van der Waals surface area contributed by atoms with Gasteiger partial charge in [0.05, 0.1) is 23.6 Å². The number of hydrogen-bond acceptors (Lipinski definition) is 5. The number of nitrogens with one attached hydrogen (secondary N) is 1. The molecule has 0 radical (unpaired) electrons. The first-order chi connectivity index (χ1) is 9.05. The van der Waals surface area contributed by atoms with Gasteiger partial charge in [-0.15, -0.1) is 11.3 Å². The van der Waals surface area contributed by atoms with Gasteiger partial charge >= 0.3 is 0 Å². The Labute approximate surface area is 125 Å². The van der Waals surface area contributed by atoms with Crippen LogP contribution < -0.4 is 4.72 Å². The highest BCUT2D eigenvalue weighted by Gasteiger charge is 2.23. The van der Waals surface area contributed by atoms with E-state index in [1.807, 2.05) is 5.38 Å². The SMILES string of the molecule is CO[C@@H](C)CS(=O)(=O)N[C@H](C)c1nc(C(C)(C)C)cs1. The predicted molar refractivity (Wildman–Crippen MR) is 82.6 cm³/mol. The van der Waals surface area contributed by atoms with Crippen molar-refractivity contribution < 1.29 is 13.2 Å². The molecular weight excluding hydrogens is 296 g/mol. The van der Waals surface area contributed by atoms with Crippen molar-refractivity contribution in [3.63, 3.8) is 0 Å². The Morgan fingerprint density at radius 2 is 2.00 bits per heavy atom. The van der Waals surface area contributed by atoms with Crippen LogP contribution in [0.5, 0.6) is 0 Å². The van der Waals surface area contributed by atoms with Crippen LogP contribution in [0.3, 0.4) is 0 Å². The predicted octanol–water partition coefficient (Wildman–Crippen LogP) is 2.46. The number of sulfonamides is 1. The van der Waals surface area contributed by atoms with E-state index in [1.54, 1.807) is 13.8 Å². The quantitative estimate of drug-likeness (QED) is 0.874. The first-order valence-electron chi connectivity index (χ1n) is 6.54. The highest BCUT2D eigenvalue weighted by Crippen LogP contribution is 2.27. The lowest BCUT2D eigenvalue weighted by Gasteiger charge is -2.16. The largest absolute Gasteiger partial charge is 0.381 e. The van der Waals surface area contributed by atoms with Crippen LogP contribution in [0.25, 0.3) is 0 Å². The van der Waals surface area contributed by atoms with E-state index in [4.69, 9.17) is 4.74 Å². The molecule has 0 amide bonds. The number of rotatable bonds is 6. The molecule has 0 spiro atoms. The first kappa shape index (κ1) is 17.6. The van der Waals surface area contributed by atoms with Crippen molar-refractivity contribution in [1.29, 1.82) is 0 Å². The topological polar surface area (TPSA) is 68.3 Å². The maximum Gasteiger partial charge on any atom is 0.214 e. The van der Waals surface area contributed by atoms with Crippen molar-refractivity contribution in [1.82, 2.24) is 9.71 Å². The van der Waals surface area contributed by atoms with E-state index >= 15 is 0 Å². The van der Waals surface area contributed by atoms with Crippen molar-refractivity contribution in [2.45, 2.75) is 52.2 Å². The zero-order valence-corrected chi connectivity index (χ0v) is 14.6. The number of hydrogen-bond donors (Lipinski definition) is 1. The number of nitrogens with zero attached hydrogens (tertiary/aromatic N) is 1. The Morgan fingerprint density at radius 1 is 1.40 bits per heavy atom. The summed E-state index contributed by atoms with van der Waals surface area (Å²) < 4.78 is 31.6. The zero-order chi connectivity index (χ0) is 15.6. The standard InChI is InChI=1S/C13H24N2O3S2/c1-9(18-6)8-20(16,17)15-10(2)12-14-11(7-19-12)13(3,4)5/h7,9-10,15H,8H2,1-6H3/t9-,10+/m0/s1. The minimum Gasteiger partial charge on any atom is -0.381 e. The number of thiazole rings is 1. The lowest BCUT2D eigenvalue weighted by Crippen LogP contribution is -2.33. The van der Waals surface area contributed by atoms with Gasteiger partial charge < -0.3 is 4.74 Å². The molecule has 2 atom stereocenters. The van der Waals surface area contributed by atoms with Crippen LogP contribution in [0.1, 0.15) is 51.4 Å². The first-order valence-corrected chi connectivity index (χ1v) is 9.07. The lowest BCUT2D eigenvalue weighted by molar-refractivity contribution is 0.136. The van der Waals surface area contributed by atoms with Crippen LogP contribution >= 0.6 is 11.3 Å². The van der Waals surface area contributed by atoms with E-state index in [0.29, 0.717) is 0 Å². The summed E-state index contributed by atoms with van der Waals surface area (Å²) in [7, 11) is -1.87. The van der Waals surface area contributed by atoms with Gasteiger partial charge in [0.25, 0.3) is 0 Å². The van der Waals surface area contributed by atoms with Crippen LogP contribution in [-0.4, -0.2) is 32.4 Å². The van der Waals surface area contributed by atoms with Gasteiger partial charge in [0.2, 0.25) is 10.0 Å². The third-order valence-corrected chi connectivity index (χ3v) is 5.52. The third kappa shape index (κ3) is 5.12. The Kier molecular flexibility index (Phi) is 5.71. The molecule has 0 saturated carbocycles. The van der Waals surface area contributed by atoms with E-state index in [-0.39, 0.29) is 23.3 Å². The fourth-order valence-corrected chi connectivity index (χ4v) is 4.20. The van der Waals surface area contributed by atoms with Crippen molar-refractivity contribution in [3.8, 4) is 0 Å². The molecule has 5 nitrogen and oxygen atoms in total. The summed E-state index contributed by atoms with van der Waals surface area (Å²) in [6.45, 7) is 9.79. The molecular formula is C13H24N2O3S2. The van der Waals surface area contributed by atoms with Crippen molar-refractivity contribution in [2.75, 3.05) is 12.9 Å². The highest BCUT2D eigenvalue weighted by atomic mass is 32.2. The second kappa shape index (κ2) is 6.51. The molecule has 0 aliphatic heterocycles. The molecule has 0 bridgehead atoms. The van der Waals surface area contributed by atoms with E-state index in [1.165, 1.54) is 18.4 Å². The fraction of sp³-hybridized carbons (Fsp3) is 0.769. The van der Waals surface area contributed by atoms with Gasteiger partial charge in [-0.05, 0) is 13.8 Å². The van der Waals surface area contributed by atoms with Crippen LogP contribution in [0, 0.1) is 0 Å². The molecule has 7 heteroatoms. The van der Waals surface area contributed by atoms with Gasteiger partial charge in [-0.25, -0.2) is 18.1 Å². The molecule has 0 fully saturated rings. The molecule has 0 saturated heterocycles. The molecule has 1 N–H and O–H groups in total. The molecule has 1 aromatic heterocycles. The van der Waals surface area contributed by atoms with Gasteiger partial charge in [-0.3, -0.25) is 0 Å². The van der Waals surface area contributed by atoms with Gasteiger partial charge in [0, 0.05) is 17.9 Å². The van der Waals surface area contributed by atoms with E-state index < -0.39 is 10.0 Å². The summed E-state index contributed by atoms with van der Waals surface area (Å²) in [5, 5.41) is 2.77. The molecule has 20 heavy (non-hydrogen) atoms. The van der Waals surface area contributed by atoms with Crippen LogP contribution in [0.4, 0.5) is 0 Å². The van der Waals surface area contributed by atoms with Gasteiger partial charge in [0.1, 0.15) is 5.01 Å². The second-order valence-electron chi connectivity index (χ2n) is 5.99. The minimum atomic E-state index is -3.37. The van der Waals surface area contributed by atoms with Crippen LogP contribution in [0.15, 0.2) is 5.38 Å². The number of ether oxygens (including phenoxy) is 1. The number of aromatic nitrogens is 1. The molecule has 1 aromatic rings. The van der Waals surface area contributed by atoms with Gasteiger partial charge in [-0.1, -0.05) is 20.8 Å². The second-order valence-corrected chi connectivity index (χ2v) is 8.68. The zero-order valence-electron chi connectivity index (χ0n) is 12.9. The summed E-state index contributed by atoms with van der Waals surface area (Å²) >= 11 is 1.48. The Balaban J connectivity index is 2.76. The molecule has 0 aliphatic carbocycles.